The zero-order chi connectivity index (χ0) is 5.98. The summed E-state index contributed by atoms with van der Waals surface area (Å²) in [5.41, 5.74) is 0. The van der Waals surface area contributed by atoms with Crippen molar-refractivity contribution >= 4 is 11.8 Å². The van der Waals surface area contributed by atoms with Gasteiger partial charge in [0.1, 0.15) is 0 Å². The molecule has 0 atom stereocenters. The van der Waals surface area contributed by atoms with Crippen molar-refractivity contribution in [3.63, 3.8) is 0 Å². The third-order valence-corrected chi connectivity index (χ3v) is 2.56. The maximum absolute atomic E-state index is 11.4. The third-order valence-electron chi connectivity index (χ3n) is 1.15. The smallest absolute Gasteiger partial charge is 0.200 e. The van der Waals surface area contributed by atoms with Crippen molar-refractivity contribution in [3.8, 4) is 0 Å². The minimum absolute atomic E-state index is 0.0347. The molecule has 0 unspecified atom stereocenters. The van der Waals surface area contributed by atoms with E-state index in [0.717, 1.165) is 11.5 Å². The van der Waals surface area contributed by atoms with Crippen LogP contribution in [0.15, 0.2) is 0 Å². The fraction of sp³-hybridized carbons (Fsp3) is 0.800. The van der Waals surface area contributed by atoms with E-state index >= 15 is 0 Å². The Morgan fingerprint density at radius 2 is 2.12 bits per heavy atom. The van der Waals surface area contributed by atoms with Crippen molar-refractivity contribution in [2.75, 3.05) is 11.5 Å². The molecule has 0 aromatic heterocycles. The van der Waals surface area contributed by atoms with Gasteiger partial charge in [-0.15, -0.1) is 0 Å². The van der Waals surface area contributed by atoms with E-state index in [9.17, 15) is 8.78 Å². The summed E-state index contributed by atoms with van der Waals surface area (Å²) in [6.45, 7) is 0. The Labute approximate surface area is 51.6 Å². The van der Waals surface area contributed by atoms with Crippen LogP contribution >= 0.6 is 11.8 Å². The van der Waals surface area contributed by atoms with Gasteiger partial charge in [0.15, 0.2) is 0 Å². The Bertz CT molecular complexity index is 70.8. The molecule has 1 aliphatic rings. The summed E-state index contributed by atoms with van der Waals surface area (Å²) in [5, 5.41) is 0. The molecule has 1 aliphatic heterocycles. The Morgan fingerprint density at radius 1 is 1.50 bits per heavy atom. The van der Waals surface area contributed by atoms with E-state index in [-0.39, 0.29) is 12.3 Å². The van der Waals surface area contributed by atoms with E-state index in [1.165, 1.54) is 0 Å². The van der Waals surface area contributed by atoms with Crippen LogP contribution in [0.4, 0.5) is 8.78 Å². The lowest BCUT2D eigenvalue weighted by molar-refractivity contribution is 0.248. The largest absolute Gasteiger partial charge is 0.310 e. The van der Waals surface area contributed by atoms with E-state index < -0.39 is 6.43 Å². The fourth-order valence-electron chi connectivity index (χ4n) is 0.621. The highest BCUT2D eigenvalue weighted by molar-refractivity contribution is 8.00. The summed E-state index contributed by atoms with van der Waals surface area (Å²) >= 11 is 1.74. The molecule has 0 nitrogen and oxygen atoms in total. The lowest BCUT2D eigenvalue weighted by Crippen LogP contribution is -2.18. The van der Waals surface area contributed by atoms with Crippen molar-refractivity contribution in [2.45, 2.75) is 6.42 Å². The maximum atomic E-state index is 11.4. The molecule has 3 heteroatoms. The highest BCUT2D eigenvalue weighted by Gasteiger charge is 2.22. The van der Waals surface area contributed by atoms with Gasteiger partial charge in [-0.3, -0.25) is 0 Å². The average Bonchev–Trinajstić information content (AvgIpc) is 1.55. The minimum Gasteiger partial charge on any atom is -0.200 e. The Balaban J connectivity index is 2.01. The van der Waals surface area contributed by atoms with Crippen LogP contribution in [-0.4, -0.2) is 11.5 Å². The normalized spacial score (nSPS) is 21.4. The van der Waals surface area contributed by atoms with Gasteiger partial charge >= 0.3 is 6.43 Å². The van der Waals surface area contributed by atoms with Crippen LogP contribution in [0.1, 0.15) is 6.42 Å². The van der Waals surface area contributed by atoms with E-state index in [1.54, 1.807) is 11.8 Å². The summed E-state index contributed by atoms with van der Waals surface area (Å²) in [6, 6.07) is 0. The zero-order valence-electron chi connectivity index (χ0n) is 4.36. The van der Waals surface area contributed by atoms with Gasteiger partial charge < -0.3 is 0 Å². The number of halogens is 2. The SMILES string of the molecule is F[C](F)CC1CSC1. The highest BCUT2D eigenvalue weighted by atomic mass is 32.2. The van der Waals surface area contributed by atoms with Crippen molar-refractivity contribution < 1.29 is 8.78 Å². The molecule has 8 heavy (non-hydrogen) atoms. The Morgan fingerprint density at radius 3 is 2.25 bits per heavy atom. The summed E-state index contributed by atoms with van der Waals surface area (Å²) in [7, 11) is 0. The summed E-state index contributed by atoms with van der Waals surface area (Å²) in [4.78, 5) is 0. The summed E-state index contributed by atoms with van der Waals surface area (Å²) in [6.07, 6.45) is -1.37. The monoisotopic (exact) mass is 137 g/mol. The molecule has 0 aliphatic carbocycles. The molecule has 1 heterocycles. The predicted molar refractivity (Wildman–Crippen MR) is 30.9 cm³/mol. The molecular formula is C5H7F2S. The summed E-state index contributed by atoms with van der Waals surface area (Å²) < 4.78 is 22.8. The molecule has 0 N–H and O–H groups in total. The van der Waals surface area contributed by atoms with Crippen molar-refractivity contribution in [1.29, 1.82) is 0 Å². The van der Waals surface area contributed by atoms with Gasteiger partial charge in [-0.25, -0.2) is 0 Å². The van der Waals surface area contributed by atoms with Gasteiger partial charge in [-0.1, -0.05) is 0 Å². The molecule has 0 saturated carbocycles. The lowest BCUT2D eigenvalue weighted by atomic mass is 10.1. The average molecular weight is 137 g/mol. The van der Waals surface area contributed by atoms with E-state index in [2.05, 4.69) is 0 Å². The van der Waals surface area contributed by atoms with E-state index in [0.29, 0.717) is 0 Å². The molecule has 47 valence electrons. The molecule has 0 bridgehead atoms. The molecule has 0 spiro atoms. The number of hydrogen-bond acceptors (Lipinski definition) is 1. The van der Waals surface area contributed by atoms with Crippen molar-refractivity contribution in [3.05, 3.63) is 6.43 Å². The van der Waals surface area contributed by atoms with Crippen LogP contribution in [0.3, 0.4) is 0 Å². The zero-order valence-corrected chi connectivity index (χ0v) is 5.18. The molecule has 0 aromatic rings. The molecular weight excluding hydrogens is 130 g/mol. The minimum atomic E-state index is -1.41. The van der Waals surface area contributed by atoms with Crippen LogP contribution in [0.2, 0.25) is 0 Å². The maximum Gasteiger partial charge on any atom is 0.310 e. The van der Waals surface area contributed by atoms with Crippen LogP contribution in [0.5, 0.6) is 0 Å². The molecule has 1 saturated heterocycles. The van der Waals surface area contributed by atoms with Gasteiger partial charge in [0, 0.05) is 6.42 Å². The van der Waals surface area contributed by atoms with Gasteiger partial charge in [0.05, 0.1) is 0 Å². The topological polar surface area (TPSA) is 0 Å². The third kappa shape index (κ3) is 1.62. The van der Waals surface area contributed by atoms with Crippen molar-refractivity contribution in [2.24, 2.45) is 5.92 Å². The van der Waals surface area contributed by atoms with Crippen LogP contribution in [0.25, 0.3) is 0 Å². The highest BCUT2D eigenvalue weighted by Crippen LogP contribution is 2.31. The number of hydrogen-bond donors (Lipinski definition) is 0. The molecule has 0 aromatic carbocycles. The second-order valence-electron chi connectivity index (χ2n) is 1.95. The van der Waals surface area contributed by atoms with E-state index in [4.69, 9.17) is 0 Å². The second kappa shape index (κ2) is 2.67. The van der Waals surface area contributed by atoms with Crippen LogP contribution in [-0.2, 0) is 0 Å². The van der Waals surface area contributed by atoms with Gasteiger partial charge in [0.25, 0.3) is 0 Å². The van der Waals surface area contributed by atoms with Gasteiger partial charge in [-0.05, 0) is 17.4 Å². The van der Waals surface area contributed by atoms with Crippen molar-refractivity contribution in [1.82, 2.24) is 0 Å². The van der Waals surface area contributed by atoms with Crippen LogP contribution < -0.4 is 0 Å². The predicted octanol–water partition coefficient (Wildman–Crippen LogP) is 2.17. The molecule has 0 amide bonds. The quantitative estimate of drug-likeness (QED) is 0.562. The second-order valence-corrected chi connectivity index (χ2v) is 3.02. The first-order chi connectivity index (χ1) is 3.79. The first-order valence-electron chi connectivity index (χ1n) is 2.53. The molecule has 1 fully saturated rings. The first kappa shape index (κ1) is 6.33. The summed E-state index contributed by atoms with van der Waals surface area (Å²) in [5.74, 6) is 2.14. The Kier molecular flexibility index (Phi) is 2.11. The van der Waals surface area contributed by atoms with Crippen LogP contribution in [0, 0.1) is 12.3 Å². The lowest BCUT2D eigenvalue weighted by Gasteiger charge is -2.23. The molecule has 1 rings (SSSR count). The fourth-order valence-corrected chi connectivity index (χ4v) is 1.43. The Hall–Kier alpha value is 0.210. The molecule has 1 radical (unpaired) electrons. The standard InChI is InChI=1S/C5H7F2S/c6-5(7)1-4-2-8-3-4/h4H,1-3H2. The number of thioether (sulfide) groups is 1. The first-order valence-corrected chi connectivity index (χ1v) is 3.69. The number of rotatable bonds is 2. The van der Waals surface area contributed by atoms with E-state index in [1.807, 2.05) is 0 Å². The van der Waals surface area contributed by atoms with Gasteiger partial charge in [0.2, 0.25) is 0 Å². The van der Waals surface area contributed by atoms with Gasteiger partial charge in [-0.2, -0.15) is 20.5 Å².